The minimum Gasteiger partial charge on any atom is -0.377 e. The van der Waals surface area contributed by atoms with Crippen LogP contribution in [0.15, 0.2) is 0 Å². The lowest BCUT2D eigenvalue weighted by Gasteiger charge is -2.27. The van der Waals surface area contributed by atoms with Gasteiger partial charge in [0.25, 0.3) is 0 Å². The third-order valence-electron chi connectivity index (χ3n) is 3.36. The van der Waals surface area contributed by atoms with Crippen molar-refractivity contribution in [2.24, 2.45) is 5.73 Å². The van der Waals surface area contributed by atoms with E-state index in [1.807, 2.05) is 6.92 Å². The molecular formula is C12H22N2O2S. The van der Waals surface area contributed by atoms with Gasteiger partial charge in [-0.3, -0.25) is 4.79 Å². The van der Waals surface area contributed by atoms with Crippen molar-refractivity contribution in [3.8, 4) is 0 Å². The van der Waals surface area contributed by atoms with Gasteiger partial charge in [-0.05, 0) is 32.6 Å². The Hall–Kier alpha value is -0.260. The second kappa shape index (κ2) is 5.59. The van der Waals surface area contributed by atoms with Gasteiger partial charge in [0.1, 0.15) is 5.54 Å². The molecule has 1 aliphatic carbocycles. The number of hydrogen-bond acceptors (Lipinski definition) is 4. The molecule has 1 aliphatic heterocycles. The molecule has 0 aromatic rings. The lowest BCUT2D eigenvalue weighted by Crippen LogP contribution is -2.56. The van der Waals surface area contributed by atoms with Crippen molar-refractivity contribution in [2.45, 2.75) is 50.3 Å². The highest BCUT2D eigenvalue weighted by atomic mass is 32.2. The zero-order chi connectivity index (χ0) is 12.3. The summed E-state index contributed by atoms with van der Waals surface area (Å²) in [5.41, 5.74) is 4.93. The van der Waals surface area contributed by atoms with Crippen molar-refractivity contribution in [1.29, 1.82) is 0 Å². The molecule has 5 heteroatoms. The topological polar surface area (TPSA) is 64.3 Å². The average molecular weight is 258 g/mol. The van der Waals surface area contributed by atoms with Crippen LogP contribution in [0.25, 0.3) is 0 Å². The van der Waals surface area contributed by atoms with Crippen molar-refractivity contribution in [2.75, 3.05) is 18.1 Å². The van der Waals surface area contributed by atoms with Crippen LogP contribution in [0.5, 0.6) is 0 Å². The fourth-order valence-corrected chi connectivity index (χ4v) is 3.31. The monoisotopic (exact) mass is 258 g/mol. The Kier molecular flexibility index (Phi) is 4.33. The van der Waals surface area contributed by atoms with Gasteiger partial charge in [-0.15, -0.1) is 0 Å². The number of hydrogen-bond donors (Lipinski definition) is 2. The summed E-state index contributed by atoms with van der Waals surface area (Å²) >= 11 is 1.77. The maximum atomic E-state index is 11.5. The highest BCUT2D eigenvalue weighted by molar-refractivity contribution is 7.99. The summed E-state index contributed by atoms with van der Waals surface area (Å²) in [7, 11) is 0. The van der Waals surface area contributed by atoms with Crippen LogP contribution in [-0.4, -0.2) is 41.7 Å². The van der Waals surface area contributed by atoms with E-state index < -0.39 is 5.54 Å². The fourth-order valence-electron chi connectivity index (χ4n) is 2.03. The predicted molar refractivity (Wildman–Crippen MR) is 70.1 cm³/mol. The molecule has 3 N–H and O–H groups in total. The van der Waals surface area contributed by atoms with Crippen LogP contribution in [0.2, 0.25) is 0 Å². The Morgan fingerprint density at radius 2 is 2.29 bits per heavy atom. The molecule has 2 fully saturated rings. The SMILES string of the molecule is CC(CSCC1CCCO1)(NC1CC1)C(N)=O. The molecular weight excluding hydrogens is 236 g/mol. The number of nitrogens with two attached hydrogens (primary N) is 1. The number of amides is 1. The number of primary amides is 1. The minimum atomic E-state index is -0.565. The molecule has 2 unspecified atom stereocenters. The highest BCUT2D eigenvalue weighted by Gasteiger charge is 2.37. The normalized spacial score (nSPS) is 27.9. The van der Waals surface area contributed by atoms with Crippen molar-refractivity contribution < 1.29 is 9.53 Å². The largest absolute Gasteiger partial charge is 0.377 e. The van der Waals surface area contributed by atoms with Gasteiger partial charge in [0.05, 0.1) is 6.10 Å². The Morgan fingerprint density at radius 3 is 2.82 bits per heavy atom. The molecule has 98 valence electrons. The van der Waals surface area contributed by atoms with Gasteiger partial charge in [0.2, 0.25) is 5.91 Å². The van der Waals surface area contributed by atoms with Gasteiger partial charge in [0, 0.05) is 24.2 Å². The van der Waals surface area contributed by atoms with Crippen LogP contribution in [-0.2, 0) is 9.53 Å². The Labute approximate surface area is 107 Å². The first-order chi connectivity index (χ1) is 8.10. The Morgan fingerprint density at radius 1 is 1.53 bits per heavy atom. The Balaban J connectivity index is 1.73. The first-order valence-electron chi connectivity index (χ1n) is 6.37. The molecule has 4 nitrogen and oxygen atoms in total. The zero-order valence-electron chi connectivity index (χ0n) is 10.4. The van der Waals surface area contributed by atoms with Crippen LogP contribution < -0.4 is 11.1 Å². The summed E-state index contributed by atoms with van der Waals surface area (Å²) in [6.07, 6.45) is 5.02. The number of carbonyl (C=O) groups excluding carboxylic acids is 1. The van der Waals surface area contributed by atoms with Crippen molar-refractivity contribution >= 4 is 17.7 Å². The van der Waals surface area contributed by atoms with Gasteiger partial charge < -0.3 is 15.8 Å². The number of rotatable bonds is 7. The molecule has 0 spiro atoms. The molecule has 1 saturated heterocycles. The second-order valence-electron chi connectivity index (χ2n) is 5.27. The first kappa shape index (κ1) is 13.2. The summed E-state index contributed by atoms with van der Waals surface area (Å²) in [6, 6.07) is 0.496. The number of carbonyl (C=O) groups is 1. The molecule has 0 aromatic heterocycles. The van der Waals surface area contributed by atoms with Crippen molar-refractivity contribution in [3.05, 3.63) is 0 Å². The number of ether oxygens (including phenoxy) is 1. The molecule has 2 aliphatic rings. The average Bonchev–Trinajstić information content (AvgIpc) is 2.93. The molecule has 1 heterocycles. The number of nitrogens with one attached hydrogen (secondary N) is 1. The molecule has 17 heavy (non-hydrogen) atoms. The van der Waals surface area contributed by atoms with E-state index in [1.165, 1.54) is 19.3 Å². The van der Waals surface area contributed by atoms with Gasteiger partial charge in [0.15, 0.2) is 0 Å². The lowest BCUT2D eigenvalue weighted by atomic mass is 10.1. The Bertz CT molecular complexity index is 278. The van der Waals surface area contributed by atoms with E-state index in [0.717, 1.165) is 24.5 Å². The molecule has 2 rings (SSSR count). The van der Waals surface area contributed by atoms with Crippen LogP contribution >= 0.6 is 11.8 Å². The third kappa shape index (κ3) is 3.86. The van der Waals surface area contributed by atoms with Gasteiger partial charge in [-0.1, -0.05) is 0 Å². The quantitative estimate of drug-likeness (QED) is 0.712. The van der Waals surface area contributed by atoms with E-state index in [-0.39, 0.29) is 5.91 Å². The van der Waals surface area contributed by atoms with E-state index in [0.29, 0.717) is 12.1 Å². The van der Waals surface area contributed by atoms with Crippen LogP contribution in [0.4, 0.5) is 0 Å². The summed E-state index contributed by atoms with van der Waals surface area (Å²) in [6.45, 7) is 2.80. The predicted octanol–water partition coefficient (Wildman–Crippen LogP) is 0.895. The van der Waals surface area contributed by atoms with E-state index in [4.69, 9.17) is 10.5 Å². The molecule has 2 atom stereocenters. The highest BCUT2D eigenvalue weighted by Crippen LogP contribution is 2.25. The molecule has 0 radical (unpaired) electrons. The molecule has 1 amide bonds. The second-order valence-corrected chi connectivity index (χ2v) is 6.30. The van der Waals surface area contributed by atoms with E-state index in [2.05, 4.69) is 5.32 Å². The zero-order valence-corrected chi connectivity index (χ0v) is 11.2. The van der Waals surface area contributed by atoms with Crippen molar-refractivity contribution in [1.82, 2.24) is 5.32 Å². The van der Waals surface area contributed by atoms with E-state index >= 15 is 0 Å². The number of thioether (sulfide) groups is 1. The summed E-state index contributed by atoms with van der Waals surface area (Å²) in [4.78, 5) is 11.5. The third-order valence-corrected chi connectivity index (χ3v) is 4.75. The summed E-state index contributed by atoms with van der Waals surface area (Å²) < 4.78 is 5.56. The van der Waals surface area contributed by atoms with E-state index in [9.17, 15) is 4.79 Å². The fraction of sp³-hybridized carbons (Fsp3) is 0.917. The molecule has 1 saturated carbocycles. The van der Waals surface area contributed by atoms with Crippen LogP contribution in [0, 0.1) is 0 Å². The van der Waals surface area contributed by atoms with Gasteiger partial charge in [-0.2, -0.15) is 11.8 Å². The molecule has 0 bridgehead atoms. The smallest absolute Gasteiger partial charge is 0.238 e. The van der Waals surface area contributed by atoms with Gasteiger partial charge >= 0.3 is 0 Å². The van der Waals surface area contributed by atoms with E-state index in [1.54, 1.807) is 11.8 Å². The summed E-state index contributed by atoms with van der Waals surface area (Å²) in [5.74, 6) is 1.46. The minimum absolute atomic E-state index is 0.246. The van der Waals surface area contributed by atoms with Gasteiger partial charge in [-0.25, -0.2) is 0 Å². The maximum absolute atomic E-state index is 11.5. The standard InChI is InChI=1S/C12H22N2O2S/c1-12(11(13)15,14-9-4-5-9)8-17-7-10-3-2-6-16-10/h9-10,14H,2-8H2,1H3,(H2,13,15). The first-order valence-corrected chi connectivity index (χ1v) is 7.52. The lowest BCUT2D eigenvalue weighted by molar-refractivity contribution is -0.123. The molecule has 0 aromatic carbocycles. The van der Waals surface area contributed by atoms with Crippen LogP contribution in [0.3, 0.4) is 0 Å². The summed E-state index contributed by atoms with van der Waals surface area (Å²) in [5, 5.41) is 3.36. The van der Waals surface area contributed by atoms with Crippen molar-refractivity contribution in [3.63, 3.8) is 0 Å². The van der Waals surface area contributed by atoms with Crippen LogP contribution in [0.1, 0.15) is 32.6 Å². The maximum Gasteiger partial charge on any atom is 0.238 e.